The second-order valence-corrected chi connectivity index (χ2v) is 12.7. The van der Waals surface area contributed by atoms with Gasteiger partial charge in [0, 0.05) is 25.2 Å². The number of aromatic nitrogens is 2. The summed E-state index contributed by atoms with van der Waals surface area (Å²) in [7, 11) is -4.61. The molecule has 45 heavy (non-hydrogen) atoms. The summed E-state index contributed by atoms with van der Waals surface area (Å²) in [5.74, 6) is -1.21. The van der Waals surface area contributed by atoms with E-state index < -0.39 is 80.3 Å². The highest BCUT2D eigenvalue weighted by molar-refractivity contribution is 7.52. The summed E-state index contributed by atoms with van der Waals surface area (Å²) in [5, 5.41) is 13.3. The number of nitrogens with zero attached hydrogens (tertiary/aromatic N) is 1. The number of alkyl halides is 1. The zero-order chi connectivity index (χ0) is 33.5. The molecule has 1 aliphatic rings. The summed E-state index contributed by atoms with van der Waals surface area (Å²) < 4.78 is 57.9. The molecule has 0 spiro atoms. The van der Waals surface area contributed by atoms with Crippen LogP contribution in [-0.2, 0) is 39.3 Å². The summed E-state index contributed by atoms with van der Waals surface area (Å²) in [4.78, 5) is 50.5. The van der Waals surface area contributed by atoms with Gasteiger partial charge in [-0.1, -0.05) is 18.2 Å². The van der Waals surface area contributed by atoms with Gasteiger partial charge in [0.05, 0.1) is 18.8 Å². The van der Waals surface area contributed by atoms with Crippen LogP contribution in [0.1, 0.15) is 52.8 Å². The van der Waals surface area contributed by atoms with Crippen molar-refractivity contribution in [1.29, 1.82) is 0 Å². The maximum atomic E-state index is 15.4. The van der Waals surface area contributed by atoms with E-state index in [9.17, 15) is 28.8 Å². The van der Waals surface area contributed by atoms with E-state index in [1.807, 2.05) is 4.98 Å². The Morgan fingerprint density at radius 2 is 1.82 bits per heavy atom. The maximum absolute atomic E-state index is 15.4. The number of H-pyrrole nitrogens is 1. The van der Waals surface area contributed by atoms with Crippen molar-refractivity contribution in [3.8, 4) is 5.75 Å². The van der Waals surface area contributed by atoms with Crippen LogP contribution < -0.4 is 26.6 Å². The molecule has 15 nitrogen and oxygen atoms in total. The topological polar surface area (TPSA) is 210 Å². The number of nitrogens with two attached hydrogens (primary N) is 1. The number of ether oxygens (including phenoxy) is 3. The minimum atomic E-state index is -4.61. The number of aliphatic hydroxyl groups excluding tert-OH is 1. The Kier molecular flexibility index (Phi) is 12.2. The zero-order valence-electron chi connectivity index (χ0n) is 25.6. The number of carbonyl (C=O) groups excluding carboxylic acids is 2. The first-order valence-corrected chi connectivity index (χ1v) is 15.9. The molecular formula is C28H40FN4O11P. The molecule has 3 unspecified atom stereocenters. The normalized spacial score (nSPS) is 23.5. The van der Waals surface area contributed by atoms with Crippen LogP contribution in [0.5, 0.6) is 5.75 Å². The van der Waals surface area contributed by atoms with Crippen molar-refractivity contribution in [2.75, 3.05) is 13.2 Å². The molecule has 3 rings (SSSR count). The van der Waals surface area contributed by atoms with Crippen LogP contribution in [0.3, 0.4) is 0 Å². The fourth-order valence-corrected chi connectivity index (χ4v) is 5.99. The molecule has 1 aromatic carbocycles. The van der Waals surface area contributed by atoms with Gasteiger partial charge in [-0.25, -0.2) is 13.8 Å². The molecule has 2 aromatic rings. The van der Waals surface area contributed by atoms with Crippen LogP contribution in [0.2, 0.25) is 0 Å². The molecule has 0 radical (unpaired) electrons. The van der Waals surface area contributed by atoms with Gasteiger partial charge in [0.1, 0.15) is 23.5 Å². The molecule has 1 saturated heterocycles. The Labute approximate surface area is 258 Å². The number of nitrogens with one attached hydrogen (secondary N) is 2. The lowest BCUT2D eigenvalue weighted by molar-refractivity contribution is -0.149. The fourth-order valence-electron chi connectivity index (χ4n) is 4.40. The van der Waals surface area contributed by atoms with Gasteiger partial charge in [-0.3, -0.25) is 28.5 Å². The number of esters is 2. The smallest absolute Gasteiger partial charge is 0.459 e. The van der Waals surface area contributed by atoms with Crippen molar-refractivity contribution in [3.63, 3.8) is 0 Å². The van der Waals surface area contributed by atoms with Gasteiger partial charge in [-0.15, -0.1) is 0 Å². The van der Waals surface area contributed by atoms with Crippen LogP contribution in [0, 0.1) is 0 Å². The van der Waals surface area contributed by atoms with Gasteiger partial charge in [-0.2, -0.15) is 5.09 Å². The molecule has 0 aliphatic carbocycles. The number of aromatic amines is 1. The average molecular weight is 659 g/mol. The van der Waals surface area contributed by atoms with Crippen LogP contribution in [0.15, 0.2) is 46.1 Å². The first-order chi connectivity index (χ1) is 21.1. The second-order valence-electron chi connectivity index (χ2n) is 11.0. The van der Waals surface area contributed by atoms with Crippen molar-refractivity contribution in [2.45, 2.75) is 89.8 Å². The van der Waals surface area contributed by atoms with Crippen LogP contribution >= 0.6 is 7.75 Å². The molecule has 2 heterocycles. The molecule has 6 atom stereocenters. The van der Waals surface area contributed by atoms with E-state index in [1.54, 1.807) is 45.9 Å². The minimum absolute atomic E-state index is 0.0199. The molecule has 0 bridgehead atoms. The van der Waals surface area contributed by atoms with Crippen molar-refractivity contribution in [1.82, 2.24) is 14.6 Å². The summed E-state index contributed by atoms with van der Waals surface area (Å²) in [6.45, 7) is 6.63. The van der Waals surface area contributed by atoms with Crippen molar-refractivity contribution >= 4 is 19.7 Å². The van der Waals surface area contributed by atoms with Gasteiger partial charge in [0.2, 0.25) is 0 Å². The first kappa shape index (κ1) is 36.1. The largest absolute Gasteiger partial charge is 0.463 e. The lowest BCUT2D eigenvalue weighted by atomic mass is 9.97. The molecule has 1 aliphatic heterocycles. The van der Waals surface area contributed by atoms with E-state index in [2.05, 4.69) is 5.09 Å². The number of carbonyl (C=O) groups is 2. The third kappa shape index (κ3) is 9.31. The van der Waals surface area contributed by atoms with Gasteiger partial charge in [-0.05, 0) is 52.7 Å². The Morgan fingerprint density at radius 1 is 1.16 bits per heavy atom. The van der Waals surface area contributed by atoms with Gasteiger partial charge in [0.15, 0.2) is 12.4 Å². The van der Waals surface area contributed by atoms with Crippen molar-refractivity contribution in [2.24, 2.45) is 5.73 Å². The van der Waals surface area contributed by atoms with E-state index >= 15 is 4.39 Å². The Hall–Kier alpha value is -3.40. The molecule has 250 valence electrons. The first-order valence-electron chi connectivity index (χ1n) is 14.3. The predicted molar refractivity (Wildman–Crippen MR) is 158 cm³/mol. The number of rotatable bonds is 15. The van der Waals surface area contributed by atoms with E-state index in [-0.39, 0.29) is 24.7 Å². The number of hydrogen-bond donors (Lipinski definition) is 4. The monoisotopic (exact) mass is 658 g/mol. The van der Waals surface area contributed by atoms with E-state index in [1.165, 1.54) is 13.0 Å². The molecule has 17 heteroatoms. The maximum Gasteiger partial charge on any atom is 0.459 e. The van der Waals surface area contributed by atoms with Gasteiger partial charge in [0.25, 0.3) is 5.56 Å². The van der Waals surface area contributed by atoms with Gasteiger partial charge >= 0.3 is 25.4 Å². The Bertz CT molecular complexity index is 1500. The highest BCUT2D eigenvalue weighted by Crippen LogP contribution is 2.48. The molecular weight excluding hydrogens is 618 g/mol. The predicted octanol–water partition coefficient (Wildman–Crippen LogP) is 1.48. The van der Waals surface area contributed by atoms with Crippen LogP contribution in [0.25, 0.3) is 0 Å². The van der Waals surface area contributed by atoms with E-state index in [0.29, 0.717) is 5.56 Å². The van der Waals surface area contributed by atoms with Gasteiger partial charge < -0.3 is 29.6 Å². The Balaban J connectivity index is 1.90. The number of halogens is 1. The second kappa shape index (κ2) is 15.3. The Morgan fingerprint density at radius 3 is 2.44 bits per heavy atom. The van der Waals surface area contributed by atoms with E-state index in [4.69, 9.17) is 29.0 Å². The lowest BCUT2D eigenvalue weighted by Crippen LogP contribution is -2.52. The van der Waals surface area contributed by atoms with Crippen molar-refractivity contribution in [3.05, 3.63) is 62.9 Å². The molecule has 0 amide bonds. The summed E-state index contributed by atoms with van der Waals surface area (Å²) >= 11 is 0. The lowest BCUT2D eigenvalue weighted by Gasteiger charge is -2.32. The molecule has 1 aromatic heterocycles. The van der Waals surface area contributed by atoms with Crippen LogP contribution in [-0.4, -0.2) is 75.9 Å². The SMILES string of the molecule is CC(C)OC(=O)CCc1ccccc1OP(=O)(NC(C)C(=O)OC(C)C)OC[C@@]1(CN)OC(n2ccc(=O)[nH]c2=O)[C@H](F)[C@@H]1O. The summed E-state index contributed by atoms with van der Waals surface area (Å²) in [6, 6.07) is 6.07. The molecule has 5 N–H and O–H groups in total. The summed E-state index contributed by atoms with van der Waals surface area (Å²) in [6.07, 6.45) is -5.63. The average Bonchev–Trinajstić information content (AvgIpc) is 3.20. The fraction of sp³-hybridized carbons (Fsp3) is 0.571. The number of aryl methyl sites for hydroxylation is 1. The highest BCUT2D eigenvalue weighted by Gasteiger charge is 2.57. The quantitative estimate of drug-likeness (QED) is 0.158. The van der Waals surface area contributed by atoms with Crippen molar-refractivity contribution < 1.29 is 46.9 Å². The number of para-hydroxylation sites is 1. The van der Waals surface area contributed by atoms with Crippen LogP contribution in [0.4, 0.5) is 4.39 Å². The third-order valence-corrected chi connectivity index (χ3v) is 8.24. The number of benzene rings is 1. The molecule has 0 saturated carbocycles. The van der Waals surface area contributed by atoms with E-state index in [0.717, 1.165) is 16.8 Å². The molecule has 1 fully saturated rings. The number of hydrogen-bond acceptors (Lipinski definition) is 12. The third-order valence-electron chi connectivity index (χ3n) is 6.63. The highest BCUT2D eigenvalue weighted by atomic mass is 31.2. The minimum Gasteiger partial charge on any atom is -0.463 e. The zero-order valence-corrected chi connectivity index (χ0v) is 26.5. The number of aliphatic hydroxyl groups is 1. The summed E-state index contributed by atoms with van der Waals surface area (Å²) in [5.41, 5.74) is 2.56. The standard InChI is InChI=1S/C28H40FN4O11P/c1-16(2)41-22(35)11-10-19-8-6-7-9-20(19)44-45(39,32-18(5)26(37)42-17(3)4)40-15-28(14-30)24(36)23(29)25(43-28)33-13-12-21(34)31-27(33)38/h6-9,12-13,16-18,23-25,36H,10-11,14-15,30H2,1-5H3,(H,32,39)(H,31,34,38)/t18?,23-,24+,25?,28-,45?/m1/s1.